The molecule has 1 fully saturated rings. The van der Waals surface area contributed by atoms with Gasteiger partial charge in [0, 0.05) is 35.8 Å². The van der Waals surface area contributed by atoms with Crippen molar-refractivity contribution in [3.63, 3.8) is 0 Å². The number of nitrogens with zero attached hydrogens (tertiary/aromatic N) is 2. The Morgan fingerprint density at radius 2 is 2.11 bits per heavy atom. The molecule has 1 aromatic rings. The summed E-state index contributed by atoms with van der Waals surface area (Å²) >= 11 is 3.52. The van der Waals surface area contributed by atoms with E-state index < -0.39 is 0 Å². The van der Waals surface area contributed by atoms with E-state index in [0.717, 1.165) is 24.1 Å². The Bertz CT molecular complexity index is 399. The lowest BCUT2D eigenvalue weighted by molar-refractivity contribution is 0.151. The quantitative estimate of drug-likeness (QED) is 0.907. The van der Waals surface area contributed by atoms with Crippen LogP contribution in [0, 0.1) is 5.92 Å². The molecule has 0 spiro atoms. The van der Waals surface area contributed by atoms with E-state index in [1.807, 2.05) is 6.07 Å². The molecule has 0 radical (unpaired) electrons. The number of likely N-dealkylation sites (N-methyl/N-ethyl adjacent to an activating group) is 1. The van der Waals surface area contributed by atoms with E-state index in [-0.39, 0.29) is 12.6 Å². The second-order valence-corrected chi connectivity index (χ2v) is 6.18. The van der Waals surface area contributed by atoms with Gasteiger partial charge in [0.15, 0.2) is 0 Å². The maximum absolute atomic E-state index is 9.51. The molecule has 0 aromatic heterocycles. The SMILES string of the molecule is CC1CN(c2cccc(Br)c2)CC(CO)N(C)C1. The molecule has 1 N–H and O–H groups in total. The lowest BCUT2D eigenvalue weighted by atomic mass is 10.1. The monoisotopic (exact) mass is 312 g/mol. The summed E-state index contributed by atoms with van der Waals surface area (Å²) in [7, 11) is 2.10. The van der Waals surface area contributed by atoms with Crippen LogP contribution >= 0.6 is 15.9 Å². The Morgan fingerprint density at radius 3 is 2.78 bits per heavy atom. The van der Waals surface area contributed by atoms with Gasteiger partial charge >= 0.3 is 0 Å². The average molecular weight is 313 g/mol. The van der Waals surface area contributed by atoms with Gasteiger partial charge in [0.25, 0.3) is 0 Å². The van der Waals surface area contributed by atoms with Crippen LogP contribution in [0.15, 0.2) is 28.7 Å². The van der Waals surface area contributed by atoms with Crippen LogP contribution in [-0.2, 0) is 0 Å². The lowest BCUT2D eigenvalue weighted by Gasteiger charge is -2.28. The first kappa shape index (κ1) is 13.8. The zero-order valence-electron chi connectivity index (χ0n) is 11.0. The highest BCUT2D eigenvalue weighted by molar-refractivity contribution is 9.10. The summed E-state index contributed by atoms with van der Waals surface area (Å²) in [5.74, 6) is 0.602. The van der Waals surface area contributed by atoms with Gasteiger partial charge in [-0.3, -0.25) is 4.90 Å². The molecule has 18 heavy (non-hydrogen) atoms. The molecule has 3 nitrogen and oxygen atoms in total. The summed E-state index contributed by atoms with van der Waals surface area (Å²) in [5, 5.41) is 9.51. The summed E-state index contributed by atoms with van der Waals surface area (Å²) < 4.78 is 1.10. The number of aliphatic hydroxyl groups excluding tert-OH is 1. The zero-order chi connectivity index (χ0) is 13.1. The van der Waals surface area contributed by atoms with Crippen LogP contribution in [0.3, 0.4) is 0 Å². The largest absolute Gasteiger partial charge is 0.395 e. The molecular weight excluding hydrogens is 292 g/mol. The van der Waals surface area contributed by atoms with Gasteiger partial charge in [-0.25, -0.2) is 0 Å². The molecule has 2 atom stereocenters. The minimum atomic E-state index is 0.216. The fraction of sp³-hybridized carbons (Fsp3) is 0.571. The minimum Gasteiger partial charge on any atom is -0.395 e. The van der Waals surface area contributed by atoms with Gasteiger partial charge in [-0.2, -0.15) is 0 Å². The molecule has 1 aliphatic heterocycles. The molecule has 2 unspecified atom stereocenters. The molecule has 0 amide bonds. The fourth-order valence-electron chi connectivity index (χ4n) is 2.62. The van der Waals surface area contributed by atoms with Crippen LogP contribution in [0.4, 0.5) is 5.69 Å². The Balaban J connectivity index is 2.21. The van der Waals surface area contributed by atoms with Crippen molar-refractivity contribution in [1.29, 1.82) is 0 Å². The first-order chi connectivity index (χ1) is 8.60. The third-order valence-corrected chi connectivity index (χ3v) is 4.06. The standard InChI is InChI=1S/C14H21BrN2O/c1-11-7-16(2)14(10-18)9-17(8-11)13-5-3-4-12(15)6-13/h3-6,11,14,18H,7-10H2,1-2H3. The van der Waals surface area contributed by atoms with Crippen molar-refractivity contribution in [1.82, 2.24) is 4.90 Å². The topological polar surface area (TPSA) is 26.7 Å². The first-order valence-corrected chi connectivity index (χ1v) is 7.21. The van der Waals surface area contributed by atoms with Gasteiger partial charge in [0.1, 0.15) is 0 Å². The smallest absolute Gasteiger partial charge is 0.0604 e. The van der Waals surface area contributed by atoms with Crippen molar-refractivity contribution in [3.05, 3.63) is 28.7 Å². The highest BCUT2D eigenvalue weighted by Gasteiger charge is 2.25. The van der Waals surface area contributed by atoms with Crippen molar-refractivity contribution in [2.75, 3.05) is 38.2 Å². The van der Waals surface area contributed by atoms with Crippen molar-refractivity contribution >= 4 is 21.6 Å². The van der Waals surface area contributed by atoms with E-state index in [9.17, 15) is 5.11 Å². The van der Waals surface area contributed by atoms with Gasteiger partial charge < -0.3 is 10.0 Å². The molecule has 1 aromatic carbocycles. The summed E-state index contributed by atoms with van der Waals surface area (Å²) in [4.78, 5) is 4.64. The Morgan fingerprint density at radius 1 is 1.33 bits per heavy atom. The molecule has 4 heteroatoms. The molecule has 2 rings (SSSR count). The summed E-state index contributed by atoms with van der Waals surface area (Å²) in [6.45, 7) is 5.44. The van der Waals surface area contributed by atoms with Gasteiger partial charge in [0.05, 0.1) is 6.61 Å². The number of rotatable bonds is 2. The van der Waals surface area contributed by atoms with E-state index in [4.69, 9.17) is 0 Å². The van der Waals surface area contributed by atoms with Crippen molar-refractivity contribution in [2.24, 2.45) is 5.92 Å². The molecular formula is C14H21BrN2O. The molecule has 1 aliphatic rings. The molecule has 1 saturated heterocycles. The van der Waals surface area contributed by atoms with E-state index in [1.165, 1.54) is 5.69 Å². The van der Waals surface area contributed by atoms with Gasteiger partial charge in [-0.15, -0.1) is 0 Å². The van der Waals surface area contributed by atoms with E-state index >= 15 is 0 Å². The number of anilines is 1. The number of hydrogen-bond donors (Lipinski definition) is 1. The van der Waals surface area contributed by atoms with Gasteiger partial charge in [-0.05, 0) is 31.2 Å². The van der Waals surface area contributed by atoms with E-state index in [1.54, 1.807) is 0 Å². The van der Waals surface area contributed by atoms with Gasteiger partial charge in [0.2, 0.25) is 0 Å². The second kappa shape index (κ2) is 6.04. The summed E-state index contributed by atoms with van der Waals surface area (Å²) in [6.07, 6.45) is 0. The van der Waals surface area contributed by atoms with Crippen molar-refractivity contribution < 1.29 is 5.11 Å². The first-order valence-electron chi connectivity index (χ1n) is 6.41. The maximum atomic E-state index is 9.51. The van der Waals surface area contributed by atoms with Crippen LogP contribution in [0.5, 0.6) is 0 Å². The summed E-state index contributed by atoms with van der Waals surface area (Å²) in [6, 6.07) is 8.60. The normalized spacial score (nSPS) is 26.1. The highest BCUT2D eigenvalue weighted by atomic mass is 79.9. The van der Waals surface area contributed by atoms with E-state index in [0.29, 0.717) is 5.92 Å². The Hall–Kier alpha value is -0.580. The maximum Gasteiger partial charge on any atom is 0.0604 e. The van der Waals surface area contributed by atoms with E-state index in [2.05, 4.69) is 57.9 Å². The predicted octanol–water partition coefficient (Wildman–Crippen LogP) is 2.20. The van der Waals surface area contributed by atoms with Crippen LogP contribution < -0.4 is 4.90 Å². The third kappa shape index (κ3) is 3.25. The molecule has 1 heterocycles. The third-order valence-electron chi connectivity index (χ3n) is 3.57. The fourth-order valence-corrected chi connectivity index (χ4v) is 3.01. The Labute approximate surface area is 118 Å². The predicted molar refractivity (Wildman–Crippen MR) is 79.0 cm³/mol. The molecule has 0 bridgehead atoms. The minimum absolute atomic E-state index is 0.216. The highest BCUT2D eigenvalue weighted by Crippen LogP contribution is 2.23. The zero-order valence-corrected chi connectivity index (χ0v) is 12.6. The molecule has 100 valence electrons. The Kier molecular flexibility index (Phi) is 4.65. The molecule has 0 aliphatic carbocycles. The van der Waals surface area contributed by atoms with Gasteiger partial charge in [-0.1, -0.05) is 28.9 Å². The van der Waals surface area contributed by atoms with Crippen LogP contribution in [0.2, 0.25) is 0 Å². The van der Waals surface area contributed by atoms with Crippen LogP contribution in [-0.4, -0.2) is 49.3 Å². The van der Waals surface area contributed by atoms with Crippen LogP contribution in [0.25, 0.3) is 0 Å². The van der Waals surface area contributed by atoms with Crippen molar-refractivity contribution in [2.45, 2.75) is 13.0 Å². The molecule has 0 saturated carbocycles. The second-order valence-electron chi connectivity index (χ2n) is 5.27. The number of halogens is 1. The van der Waals surface area contributed by atoms with Crippen LogP contribution in [0.1, 0.15) is 6.92 Å². The lowest BCUT2D eigenvalue weighted by Crippen LogP contribution is -2.41. The van der Waals surface area contributed by atoms with Crippen molar-refractivity contribution in [3.8, 4) is 0 Å². The number of hydrogen-bond acceptors (Lipinski definition) is 3. The number of aliphatic hydroxyl groups is 1. The summed E-state index contributed by atoms with van der Waals surface area (Å²) in [5.41, 5.74) is 1.23. The average Bonchev–Trinajstić information content (AvgIpc) is 2.47. The number of benzene rings is 1.